The number of hydrogen-bond acceptors (Lipinski definition) is 6. The Morgan fingerprint density at radius 2 is 2.00 bits per heavy atom. The van der Waals surface area contributed by atoms with Crippen molar-refractivity contribution in [1.29, 1.82) is 0 Å². The maximum atomic E-state index is 6.00. The van der Waals surface area contributed by atoms with Crippen molar-refractivity contribution in [3.63, 3.8) is 0 Å². The fraction of sp³-hybridized carbons (Fsp3) is 0.500. The molecule has 21 heavy (non-hydrogen) atoms. The molecule has 7 heteroatoms. The normalized spacial score (nSPS) is 11.2. The van der Waals surface area contributed by atoms with Gasteiger partial charge in [-0.1, -0.05) is 6.07 Å². The number of rotatable bonds is 6. The van der Waals surface area contributed by atoms with Gasteiger partial charge < -0.3 is 9.64 Å². The molecule has 0 saturated carbocycles. The van der Waals surface area contributed by atoms with Gasteiger partial charge in [-0.15, -0.1) is 11.3 Å². The van der Waals surface area contributed by atoms with Gasteiger partial charge in [0.1, 0.15) is 0 Å². The fourth-order valence-corrected chi connectivity index (χ4v) is 2.62. The van der Waals surface area contributed by atoms with Gasteiger partial charge in [-0.3, -0.25) is 0 Å². The van der Waals surface area contributed by atoms with Crippen LogP contribution in [0.25, 0.3) is 0 Å². The Morgan fingerprint density at radius 1 is 1.24 bits per heavy atom. The van der Waals surface area contributed by atoms with Crippen molar-refractivity contribution in [1.82, 2.24) is 15.0 Å². The van der Waals surface area contributed by atoms with Gasteiger partial charge in [0.25, 0.3) is 0 Å². The van der Waals surface area contributed by atoms with Gasteiger partial charge in [0.05, 0.1) is 12.6 Å². The first-order valence-corrected chi connectivity index (χ1v) is 8.08. The lowest BCUT2D eigenvalue weighted by atomic mass is 10.3. The number of ether oxygens (including phenoxy) is 1. The van der Waals surface area contributed by atoms with Crippen molar-refractivity contribution in [2.45, 2.75) is 46.4 Å². The molecule has 2 rings (SSSR count). The Hall–Kier alpha value is -1.40. The van der Waals surface area contributed by atoms with Crippen molar-refractivity contribution in [2.75, 3.05) is 4.90 Å². The van der Waals surface area contributed by atoms with Crippen LogP contribution in [0.4, 0.5) is 5.95 Å². The highest BCUT2D eigenvalue weighted by atomic mass is 35.5. The molecule has 0 fully saturated rings. The topological polar surface area (TPSA) is 51.1 Å². The molecule has 0 saturated heterocycles. The van der Waals surface area contributed by atoms with Crippen molar-refractivity contribution in [2.24, 2.45) is 0 Å². The third-order valence-corrected chi connectivity index (χ3v) is 3.73. The van der Waals surface area contributed by atoms with E-state index in [4.69, 9.17) is 16.3 Å². The number of thiophene rings is 1. The molecule has 2 heterocycles. The Bertz CT molecular complexity index is 574. The highest BCUT2D eigenvalue weighted by Gasteiger charge is 2.18. The zero-order valence-electron chi connectivity index (χ0n) is 12.6. The van der Waals surface area contributed by atoms with Crippen LogP contribution in [0.3, 0.4) is 0 Å². The summed E-state index contributed by atoms with van der Waals surface area (Å²) in [7, 11) is 0. The van der Waals surface area contributed by atoms with E-state index in [0.29, 0.717) is 5.95 Å². The molecule has 0 spiro atoms. The first kappa shape index (κ1) is 16.0. The van der Waals surface area contributed by atoms with Crippen LogP contribution in [-0.2, 0) is 6.54 Å². The Balaban J connectivity index is 2.29. The summed E-state index contributed by atoms with van der Waals surface area (Å²) in [5, 5.41) is 2.20. The quantitative estimate of drug-likeness (QED) is 0.808. The smallest absolute Gasteiger partial charge is 0.322 e. The van der Waals surface area contributed by atoms with E-state index in [2.05, 4.69) is 45.1 Å². The number of hydrogen-bond donors (Lipinski definition) is 0. The molecule has 0 amide bonds. The number of nitrogens with zero attached hydrogens (tertiary/aromatic N) is 4. The largest absolute Gasteiger partial charge is 0.461 e. The van der Waals surface area contributed by atoms with E-state index in [-0.39, 0.29) is 23.4 Å². The lowest BCUT2D eigenvalue weighted by Gasteiger charge is -2.26. The SMILES string of the molecule is CC(C)Oc1nc(Cl)nc(N(Cc2cccs2)C(C)C)n1. The zero-order chi connectivity index (χ0) is 15.4. The maximum absolute atomic E-state index is 6.00. The lowest BCUT2D eigenvalue weighted by molar-refractivity contribution is 0.221. The summed E-state index contributed by atoms with van der Waals surface area (Å²) >= 11 is 7.70. The van der Waals surface area contributed by atoms with Crippen molar-refractivity contribution in [3.05, 3.63) is 27.7 Å². The van der Waals surface area contributed by atoms with Crippen LogP contribution in [0, 0.1) is 0 Å². The van der Waals surface area contributed by atoms with Crippen LogP contribution in [0.15, 0.2) is 17.5 Å². The molecule has 0 aromatic carbocycles. The highest BCUT2D eigenvalue weighted by molar-refractivity contribution is 7.09. The summed E-state index contributed by atoms with van der Waals surface area (Å²) in [6, 6.07) is 4.62. The molecule has 0 aliphatic heterocycles. The lowest BCUT2D eigenvalue weighted by Crippen LogP contribution is -2.31. The summed E-state index contributed by atoms with van der Waals surface area (Å²) in [5.41, 5.74) is 0. The van der Waals surface area contributed by atoms with Gasteiger partial charge in [0.2, 0.25) is 11.2 Å². The van der Waals surface area contributed by atoms with Crippen LogP contribution in [0.1, 0.15) is 32.6 Å². The van der Waals surface area contributed by atoms with E-state index in [1.54, 1.807) is 11.3 Å². The molecule has 2 aromatic heterocycles. The predicted octanol–water partition coefficient (Wildman–Crippen LogP) is 3.79. The van der Waals surface area contributed by atoms with Gasteiger partial charge >= 0.3 is 6.01 Å². The molecule has 5 nitrogen and oxygen atoms in total. The van der Waals surface area contributed by atoms with Crippen LogP contribution >= 0.6 is 22.9 Å². The van der Waals surface area contributed by atoms with Crippen LogP contribution in [0.5, 0.6) is 6.01 Å². The van der Waals surface area contributed by atoms with Gasteiger partial charge in [-0.25, -0.2) is 0 Å². The molecule has 0 aliphatic carbocycles. The van der Waals surface area contributed by atoms with Crippen LogP contribution in [-0.4, -0.2) is 27.1 Å². The molecule has 0 N–H and O–H groups in total. The second-order valence-electron chi connectivity index (χ2n) is 5.15. The number of halogens is 1. The molecule has 0 bridgehead atoms. The number of anilines is 1. The average molecular weight is 327 g/mol. The Labute approximate surface area is 134 Å². The van der Waals surface area contributed by atoms with E-state index in [1.807, 2.05) is 19.9 Å². The molecule has 2 aromatic rings. The van der Waals surface area contributed by atoms with Crippen molar-refractivity contribution in [3.8, 4) is 6.01 Å². The van der Waals surface area contributed by atoms with E-state index >= 15 is 0 Å². The van der Waals surface area contributed by atoms with Gasteiger partial charge in [-0.05, 0) is 50.7 Å². The van der Waals surface area contributed by atoms with E-state index in [9.17, 15) is 0 Å². The summed E-state index contributed by atoms with van der Waals surface area (Å²) in [6.07, 6.45) is -0.0129. The molecular formula is C14H19ClN4OS. The first-order valence-electron chi connectivity index (χ1n) is 6.83. The van der Waals surface area contributed by atoms with Gasteiger partial charge in [-0.2, -0.15) is 15.0 Å². The van der Waals surface area contributed by atoms with E-state index in [1.165, 1.54) is 4.88 Å². The molecule has 0 radical (unpaired) electrons. The van der Waals surface area contributed by atoms with Gasteiger partial charge in [0, 0.05) is 10.9 Å². The molecular weight excluding hydrogens is 308 g/mol. The second kappa shape index (κ2) is 7.04. The van der Waals surface area contributed by atoms with Gasteiger partial charge in [0.15, 0.2) is 0 Å². The Kier molecular flexibility index (Phi) is 5.36. The van der Waals surface area contributed by atoms with Crippen LogP contribution in [0.2, 0.25) is 5.28 Å². The summed E-state index contributed by atoms with van der Waals surface area (Å²) in [4.78, 5) is 15.9. The summed E-state index contributed by atoms with van der Waals surface area (Å²) in [6.45, 7) is 8.76. The zero-order valence-corrected chi connectivity index (χ0v) is 14.1. The van der Waals surface area contributed by atoms with Crippen LogP contribution < -0.4 is 9.64 Å². The molecule has 0 aliphatic rings. The monoisotopic (exact) mass is 326 g/mol. The molecule has 114 valence electrons. The second-order valence-corrected chi connectivity index (χ2v) is 6.52. The highest BCUT2D eigenvalue weighted by Crippen LogP contribution is 2.22. The maximum Gasteiger partial charge on any atom is 0.322 e. The third kappa shape index (κ3) is 4.54. The average Bonchev–Trinajstić information content (AvgIpc) is 2.86. The minimum atomic E-state index is -0.0129. The summed E-state index contributed by atoms with van der Waals surface area (Å²) < 4.78 is 5.53. The Morgan fingerprint density at radius 3 is 2.57 bits per heavy atom. The number of aromatic nitrogens is 3. The third-order valence-electron chi connectivity index (χ3n) is 2.70. The van der Waals surface area contributed by atoms with Crippen molar-refractivity contribution < 1.29 is 4.74 Å². The van der Waals surface area contributed by atoms with Crippen molar-refractivity contribution >= 4 is 28.9 Å². The standard InChI is InChI=1S/C14H19ClN4OS/c1-9(2)19(8-11-6-5-7-21-11)13-16-12(15)17-14(18-13)20-10(3)4/h5-7,9-10H,8H2,1-4H3. The van der Waals surface area contributed by atoms with E-state index < -0.39 is 0 Å². The minimum Gasteiger partial charge on any atom is -0.461 e. The first-order chi connectivity index (χ1) is 9.95. The minimum absolute atomic E-state index is 0.0129. The summed E-state index contributed by atoms with van der Waals surface area (Å²) in [5.74, 6) is 0.536. The molecule has 0 atom stereocenters. The fourth-order valence-electron chi connectivity index (χ4n) is 1.77. The predicted molar refractivity (Wildman–Crippen MR) is 86.2 cm³/mol. The van der Waals surface area contributed by atoms with E-state index in [0.717, 1.165) is 6.54 Å². The molecule has 0 unspecified atom stereocenters.